The number of hydrogen-bond donors (Lipinski definition) is 0. The lowest BCUT2D eigenvalue weighted by atomic mass is 10.1. The van der Waals surface area contributed by atoms with Crippen LogP contribution in [0.5, 0.6) is 0 Å². The van der Waals surface area contributed by atoms with Crippen molar-refractivity contribution in [3.63, 3.8) is 0 Å². The molecule has 1 aromatic heterocycles. The Balaban J connectivity index is 2.05. The molecule has 0 radical (unpaired) electrons. The Kier molecular flexibility index (Phi) is 5.06. The summed E-state index contributed by atoms with van der Waals surface area (Å²) in [6.07, 6.45) is 2.78. The Morgan fingerprint density at radius 3 is 2.58 bits per heavy atom. The molecule has 1 heterocycles. The van der Waals surface area contributed by atoms with E-state index in [1.165, 1.54) is 11.3 Å². The van der Waals surface area contributed by atoms with E-state index in [1.54, 1.807) is 0 Å². The van der Waals surface area contributed by atoms with Gasteiger partial charge in [0.2, 0.25) is 0 Å². The second-order valence-corrected chi connectivity index (χ2v) is 5.92. The zero-order valence-electron chi connectivity index (χ0n) is 11.2. The van der Waals surface area contributed by atoms with Gasteiger partial charge in [-0.05, 0) is 40.8 Å². The van der Waals surface area contributed by atoms with E-state index in [1.807, 2.05) is 29.9 Å². The van der Waals surface area contributed by atoms with Gasteiger partial charge in [0.1, 0.15) is 0 Å². The first kappa shape index (κ1) is 14.6. The lowest BCUT2D eigenvalue weighted by molar-refractivity contribution is 0.668. The minimum absolute atomic E-state index is 0.0491. The maximum Gasteiger partial charge on any atom is 0.0766 e. The standard InChI is InChI=1S/C15H18BrClN2/c1-3-13-15(16)14(19(2)18-13)10-9-12(17)11-7-5-4-6-8-11/h4-8,12H,3,9-10H2,1-2H3. The van der Waals surface area contributed by atoms with Crippen LogP contribution in [0.25, 0.3) is 0 Å². The summed E-state index contributed by atoms with van der Waals surface area (Å²) in [5.41, 5.74) is 3.51. The van der Waals surface area contributed by atoms with Gasteiger partial charge in [-0.3, -0.25) is 4.68 Å². The Morgan fingerprint density at radius 2 is 2.00 bits per heavy atom. The summed E-state index contributed by atoms with van der Waals surface area (Å²) in [6.45, 7) is 2.12. The van der Waals surface area contributed by atoms with Crippen LogP contribution in [0.4, 0.5) is 0 Å². The van der Waals surface area contributed by atoms with Crippen LogP contribution in [0.3, 0.4) is 0 Å². The van der Waals surface area contributed by atoms with Crippen LogP contribution < -0.4 is 0 Å². The zero-order chi connectivity index (χ0) is 13.8. The average molecular weight is 342 g/mol. The number of rotatable bonds is 5. The summed E-state index contributed by atoms with van der Waals surface area (Å²) in [5, 5.41) is 4.56. The van der Waals surface area contributed by atoms with Gasteiger partial charge in [-0.1, -0.05) is 37.3 Å². The van der Waals surface area contributed by atoms with Gasteiger partial charge in [-0.15, -0.1) is 11.6 Å². The highest BCUT2D eigenvalue weighted by Crippen LogP contribution is 2.29. The van der Waals surface area contributed by atoms with Gasteiger partial charge in [0.15, 0.2) is 0 Å². The minimum atomic E-state index is 0.0491. The van der Waals surface area contributed by atoms with E-state index in [0.717, 1.165) is 29.4 Å². The van der Waals surface area contributed by atoms with Crippen molar-refractivity contribution in [2.75, 3.05) is 0 Å². The molecular formula is C15H18BrClN2. The maximum atomic E-state index is 6.46. The highest BCUT2D eigenvalue weighted by molar-refractivity contribution is 9.10. The Bertz CT molecular complexity index is 537. The number of nitrogens with zero attached hydrogens (tertiary/aromatic N) is 2. The smallest absolute Gasteiger partial charge is 0.0766 e. The third-order valence-corrected chi connectivity index (χ3v) is 4.68. The molecule has 1 unspecified atom stereocenters. The first-order valence-electron chi connectivity index (χ1n) is 6.52. The average Bonchev–Trinajstić information content (AvgIpc) is 2.72. The molecule has 102 valence electrons. The molecule has 0 aliphatic carbocycles. The molecular weight excluding hydrogens is 324 g/mol. The normalized spacial score (nSPS) is 12.6. The molecule has 19 heavy (non-hydrogen) atoms. The summed E-state index contributed by atoms with van der Waals surface area (Å²) < 4.78 is 3.09. The molecule has 0 aliphatic heterocycles. The molecule has 0 saturated heterocycles. The minimum Gasteiger partial charge on any atom is -0.271 e. The first-order valence-corrected chi connectivity index (χ1v) is 7.75. The van der Waals surface area contributed by atoms with E-state index >= 15 is 0 Å². The van der Waals surface area contributed by atoms with Crippen molar-refractivity contribution in [3.8, 4) is 0 Å². The van der Waals surface area contributed by atoms with E-state index < -0.39 is 0 Å². The third kappa shape index (κ3) is 3.40. The van der Waals surface area contributed by atoms with Gasteiger partial charge >= 0.3 is 0 Å². The van der Waals surface area contributed by atoms with Crippen molar-refractivity contribution in [1.82, 2.24) is 9.78 Å². The predicted octanol–water partition coefficient (Wildman–Crippen LogP) is 4.66. The number of alkyl halides is 1. The summed E-state index contributed by atoms with van der Waals surface area (Å²) in [4.78, 5) is 0. The molecule has 0 N–H and O–H groups in total. The highest BCUT2D eigenvalue weighted by Gasteiger charge is 2.14. The van der Waals surface area contributed by atoms with Crippen molar-refractivity contribution in [2.24, 2.45) is 7.05 Å². The van der Waals surface area contributed by atoms with Gasteiger partial charge in [0.25, 0.3) is 0 Å². The van der Waals surface area contributed by atoms with Crippen LogP contribution in [0.1, 0.15) is 35.7 Å². The van der Waals surface area contributed by atoms with E-state index in [4.69, 9.17) is 11.6 Å². The van der Waals surface area contributed by atoms with Gasteiger partial charge in [-0.25, -0.2) is 0 Å². The topological polar surface area (TPSA) is 17.8 Å². The molecule has 1 aromatic carbocycles. The first-order chi connectivity index (χ1) is 9.13. The quantitative estimate of drug-likeness (QED) is 0.723. The Morgan fingerprint density at radius 1 is 1.32 bits per heavy atom. The van der Waals surface area contributed by atoms with Gasteiger partial charge in [0, 0.05) is 7.05 Å². The maximum absolute atomic E-state index is 6.46. The molecule has 0 fully saturated rings. The SMILES string of the molecule is CCc1nn(C)c(CCC(Cl)c2ccccc2)c1Br. The van der Waals surface area contributed by atoms with Crippen molar-refractivity contribution in [1.29, 1.82) is 0 Å². The monoisotopic (exact) mass is 340 g/mol. The Labute approximate surface area is 127 Å². The molecule has 2 aromatic rings. The van der Waals surface area contributed by atoms with Crippen LogP contribution in [0, 0.1) is 0 Å². The van der Waals surface area contributed by atoms with E-state index in [9.17, 15) is 0 Å². The van der Waals surface area contributed by atoms with Crippen LogP contribution in [-0.2, 0) is 19.9 Å². The van der Waals surface area contributed by atoms with Crippen LogP contribution in [-0.4, -0.2) is 9.78 Å². The zero-order valence-corrected chi connectivity index (χ0v) is 13.6. The van der Waals surface area contributed by atoms with Crippen LogP contribution >= 0.6 is 27.5 Å². The summed E-state index contributed by atoms with van der Waals surface area (Å²) in [6, 6.07) is 10.2. The van der Waals surface area contributed by atoms with E-state index in [0.29, 0.717) is 0 Å². The fraction of sp³-hybridized carbons (Fsp3) is 0.400. The van der Waals surface area contributed by atoms with Crippen LogP contribution in [0.2, 0.25) is 0 Å². The van der Waals surface area contributed by atoms with Gasteiger partial charge < -0.3 is 0 Å². The second kappa shape index (κ2) is 6.58. The predicted molar refractivity (Wildman–Crippen MR) is 83.6 cm³/mol. The lowest BCUT2D eigenvalue weighted by Gasteiger charge is -2.10. The lowest BCUT2D eigenvalue weighted by Crippen LogP contribution is -2.01. The summed E-state index contributed by atoms with van der Waals surface area (Å²) in [7, 11) is 1.99. The van der Waals surface area contributed by atoms with E-state index in [-0.39, 0.29) is 5.38 Å². The highest BCUT2D eigenvalue weighted by atomic mass is 79.9. The van der Waals surface area contributed by atoms with Crippen LogP contribution in [0.15, 0.2) is 34.8 Å². The Hall–Kier alpha value is -0.800. The largest absolute Gasteiger partial charge is 0.271 e. The molecule has 4 heteroatoms. The van der Waals surface area contributed by atoms with Crippen molar-refractivity contribution >= 4 is 27.5 Å². The van der Waals surface area contributed by atoms with Gasteiger partial charge in [0.05, 0.1) is 21.2 Å². The number of aryl methyl sites for hydroxylation is 2. The second-order valence-electron chi connectivity index (χ2n) is 4.60. The van der Waals surface area contributed by atoms with Gasteiger partial charge in [-0.2, -0.15) is 5.10 Å². The molecule has 0 spiro atoms. The van der Waals surface area contributed by atoms with Crippen molar-refractivity contribution < 1.29 is 0 Å². The molecule has 0 amide bonds. The van der Waals surface area contributed by atoms with Crippen molar-refractivity contribution in [3.05, 3.63) is 51.8 Å². The van der Waals surface area contributed by atoms with E-state index in [2.05, 4.69) is 40.1 Å². The molecule has 0 bridgehead atoms. The fourth-order valence-corrected chi connectivity index (χ4v) is 3.25. The molecule has 0 aliphatic rings. The number of hydrogen-bond acceptors (Lipinski definition) is 1. The fourth-order valence-electron chi connectivity index (χ4n) is 2.18. The molecule has 0 saturated carbocycles. The number of benzene rings is 1. The summed E-state index contributed by atoms with van der Waals surface area (Å²) >= 11 is 10.1. The molecule has 2 rings (SSSR count). The molecule has 2 nitrogen and oxygen atoms in total. The molecule has 1 atom stereocenters. The third-order valence-electron chi connectivity index (χ3n) is 3.30. The van der Waals surface area contributed by atoms with Crippen molar-refractivity contribution in [2.45, 2.75) is 31.6 Å². The number of halogens is 2. The number of aromatic nitrogens is 2. The summed E-state index contributed by atoms with van der Waals surface area (Å²) in [5.74, 6) is 0.